The minimum atomic E-state index is -1.30. The molecule has 3 rings (SSSR count). The second-order valence-corrected chi connectivity index (χ2v) is 6.18. The highest BCUT2D eigenvalue weighted by molar-refractivity contribution is 5.75. The molecule has 1 unspecified atom stereocenters. The Morgan fingerprint density at radius 3 is 2.56 bits per heavy atom. The molecule has 4 N–H and O–H groups in total. The van der Waals surface area contributed by atoms with Crippen LogP contribution in [0.25, 0.3) is 0 Å². The van der Waals surface area contributed by atoms with Gasteiger partial charge in [-0.2, -0.15) is 5.10 Å². The average Bonchev–Trinajstić information content (AvgIpc) is 3.17. The first kappa shape index (κ1) is 18.5. The Balaban J connectivity index is 2.06. The van der Waals surface area contributed by atoms with E-state index in [1.165, 1.54) is 10.9 Å². The molecule has 27 heavy (non-hydrogen) atoms. The number of carbonyl (C=O) groups excluding carboxylic acids is 1. The van der Waals surface area contributed by atoms with Crippen LogP contribution in [0.1, 0.15) is 34.7 Å². The molecule has 0 fully saturated rings. The van der Waals surface area contributed by atoms with Crippen molar-refractivity contribution in [2.45, 2.75) is 18.8 Å². The standard InChI is InChI=1S/C17H16F3N5O2/c1-25-7-9(6-22-25)10(4-15(21)26)16-14(23-24-17(16)27)3-8-2-12(19)13(20)5-11(8)18/h2,5-7,10H,3-4H2,1H3,(H2,21,26)(H2,23,24,27). The molecule has 2 heterocycles. The summed E-state index contributed by atoms with van der Waals surface area (Å²) < 4.78 is 42.1. The Kier molecular flexibility index (Phi) is 4.89. The van der Waals surface area contributed by atoms with Crippen LogP contribution in [-0.4, -0.2) is 25.9 Å². The normalized spacial score (nSPS) is 12.3. The van der Waals surface area contributed by atoms with Crippen molar-refractivity contribution >= 4 is 5.91 Å². The second-order valence-electron chi connectivity index (χ2n) is 6.18. The van der Waals surface area contributed by atoms with Gasteiger partial charge >= 0.3 is 0 Å². The molecule has 0 radical (unpaired) electrons. The molecule has 0 aliphatic rings. The molecule has 0 aliphatic carbocycles. The van der Waals surface area contributed by atoms with Gasteiger partial charge in [0.1, 0.15) is 5.82 Å². The largest absolute Gasteiger partial charge is 0.370 e. The molecule has 2 aromatic heterocycles. The van der Waals surface area contributed by atoms with Gasteiger partial charge in [0.15, 0.2) is 11.6 Å². The van der Waals surface area contributed by atoms with Crippen LogP contribution in [0.3, 0.4) is 0 Å². The Morgan fingerprint density at radius 1 is 1.22 bits per heavy atom. The summed E-state index contributed by atoms with van der Waals surface area (Å²) in [5.41, 5.74) is 5.61. The zero-order valence-corrected chi connectivity index (χ0v) is 14.2. The highest BCUT2D eigenvalue weighted by atomic mass is 19.2. The summed E-state index contributed by atoms with van der Waals surface area (Å²) in [5, 5.41) is 9.02. The number of aryl methyl sites for hydroxylation is 1. The first-order valence-electron chi connectivity index (χ1n) is 7.96. The number of halogens is 3. The van der Waals surface area contributed by atoms with Crippen molar-refractivity contribution in [1.29, 1.82) is 0 Å². The number of H-pyrrole nitrogens is 2. The number of amides is 1. The molecule has 7 nitrogen and oxygen atoms in total. The van der Waals surface area contributed by atoms with E-state index in [2.05, 4.69) is 15.3 Å². The van der Waals surface area contributed by atoms with Gasteiger partial charge in [0.2, 0.25) is 5.91 Å². The van der Waals surface area contributed by atoms with Crippen molar-refractivity contribution in [3.05, 3.63) is 74.7 Å². The third-order valence-corrected chi connectivity index (χ3v) is 4.23. The number of benzene rings is 1. The van der Waals surface area contributed by atoms with Crippen LogP contribution in [0.2, 0.25) is 0 Å². The summed E-state index contributed by atoms with van der Waals surface area (Å²) in [5.74, 6) is -4.83. The van der Waals surface area contributed by atoms with Crippen LogP contribution in [0.5, 0.6) is 0 Å². The highest BCUT2D eigenvalue weighted by Gasteiger charge is 2.26. The van der Waals surface area contributed by atoms with E-state index >= 15 is 0 Å². The zero-order valence-electron chi connectivity index (χ0n) is 14.2. The van der Waals surface area contributed by atoms with Crippen LogP contribution in [0, 0.1) is 17.5 Å². The van der Waals surface area contributed by atoms with Crippen LogP contribution >= 0.6 is 0 Å². The topological polar surface area (TPSA) is 110 Å². The summed E-state index contributed by atoms with van der Waals surface area (Å²) in [7, 11) is 1.67. The van der Waals surface area contributed by atoms with Crippen molar-refractivity contribution in [3.8, 4) is 0 Å². The molecule has 0 bridgehead atoms. The lowest BCUT2D eigenvalue weighted by Crippen LogP contribution is -2.21. The van der Waals surface area contributed by atoms with Crippen LogP contribution < -0.4 is 11.3 Å². The molecule has 1 amide bonds. The number of primary amides is 1. The highest BCUT2D eigenvalue weighted by Crippen LogP contribution is 2.28. The van der Waals surface area contributed by atoms with Gasteiger partial charge in [-0.05, 0) is 17.2 Å². The molecule has 10 heteroatoms. The van der Waals surface area contributed by atoms with Crippen molar-refractivity contribution < 1.29 is 18.0 Å². The second kappa shape index (κ2) is 7.14. The molecule has 0 saturated carbocycles. The molecule has 0 aliphatic heterocycles. The maximum Gasteiger partial charge on any atom is 0.267 e. The van der Waals surface area contributed by atoms with Gasteiger partial charge in [-0.15, -0.1) is 0 Å². The van der Waals surface area contributed by atoms with Gasteiger partial charge in [0.25, 0.3) is 5.56 Å². The average molecular weight is 379 g/mol. The van der Waals surface area contributed by atoms with E-state index in [4.69, 9.17) is 5.73 Å². The molecule has 142 valence electrons. The molecule has 1 aromatic carbocycles. The molecule has 1 atom stereocenters. The van der Waals surface area contributed by atoms with E-state index in [9.17, 15) is 22.8 Å². The molecule has 3 aromatic rings. The van der Waals surface area contributed by atoms with Gasteiger partial charge in [0.05, 0.1) is 6.20 Å². The van der Waals surface area contributed by atoms with Gasteiger partial charge in [-0.1, -0.05) is 0 Å². The third kappa shape index (κ3) is 3.78. The number of nitrogens with two attached hydrogens (primary N) is 1. The first-order chi connectivity index (χ1) is 12.8. The number of aromatic amines is 2. The fourth-order valence-corrected chi connectivity index (χ4v) is 3.01. The Bertz CT molecular complexity index is 1050. The first-order valence-corrected chi connectivity index (χ1v) is 7.96. The van der Waals surface area contributed by atoms with Gasteiger partial charge in [0, 0.05) is 49.3 Å². The smallest absolute Gasteiger partial charge is 0.267 e. The SMILES string of the molecule is Cn1cc(C(CC(N)=O)c2c(Cc3cc(F)c(F)cc3F)[nH][nH]c2=O)cn1. The number of hydrogen-bond acceptors (Lipinski definition) is 3. The predicted octanol–water partition coefficient (Wildman–Crippen LogP) is 1.45. The number of nitrogens with one attached hydrogen (secondary N) is 2. The van der Waals surface area contributed by atoms with E-state index < -0.39 is 34.8 Å². The minimum Gasteiger partial charge on any atom is -0.370 e. The number of carbonyl (C=O) groups is 1. The maximum atomic E-state index is 14.0. The van der Waals surface area contributed by atoms with E-state index in [1.807, 2.05) is 0 Å². The van der Waals surface area contributed by atoms with Crippen molar-refractivity contribution in [2.75, 3.05) is 0 Å². The number of nitrogens with zero attached hydrogens (tertiary/aromatic N) is 2. The zero-order chi connectivity index (χ0) is 19.7. The third-order valence-electron chi connectivity index (χ3n) is 4.23. The van der Waals surface area contributed by atoms with E-state index in [-0.39, 0.29) is 29.7 Å². The lowest BCUT2D eigenvalue weighted by Gasteiger charge is -2.14. The Morgan fingerprint density at radius 2 is 1.93 bits per heavy atom. The monoisotopic (exact) mass is 379 g/mol. The van der Waals surface area contributed by atoms with E-state index in [1.54, 1.807) is 13.2 Å². The minimum absolute atomic E-state index is 0.144. The lowest BCUT2D eigenvalue weighted by molar-refractivity contribution is -0.118. The summed E-state index contributed by atoms with van der Waals surface area (Å²) >= 11 is 0. The Hall–Kier alpha value is -3.30. The molecule has 0 saturated heterocycles. The maximum absolute atomic E-state index is 14.0. The van der Waals surface area contributed by atoms with Crippen LogP contribution in [-0.2, 0) is 18.3 Å². The van der Waals surface area contributed by atoms with Crippen LogP contribution in [0.15, 0.2) is 29.3 Å². The molecular formula is C17H16F3N5O2. The summed E-state index contributed by atoms with van der Waals surface area (Å²) in [6, 6.07) is 1.17. The summed E-state index contributed by atoms with van der Waals surface area (Å²) in [6.07, 6.45) is 2.72. The van der Waals surface area contributed by atoms with E-state index in [0.717, 1.165) is 6.07 Å². The van der Waals surface area contributed by atoms with Gasteiger partial charge in [-0.25, -0.2) is 13.2 Å². The van der Waals surface area contributed by atoms with Crippen molar-refractivity contribution in [3.63, 3.8) is 0 Å². The predicted molar refractivity (Wildman–Crippen MR) is 89.4 cm³/mol. The number of aromatic nitrogens is 4. The quantitative estimate of drug-likeness (QED) is 0.564. The fourth-order valence-electron chi connectivity index (χ4n) is 3.01. The fraction of sp³-hybridized carbons (Fsp3) is 0.235. The van der Waals surface area contributed by atoms with E-state index in [0.29, 0.717) is 11.6 Å². The van der Waals surface area contributed by atoms with Gasteiger partial charge in [-0.3, -0.25) is 19.4 Å². The van der Waals surface area contributed by atoms with Crippen molar-refractivity contribution in [2.24, 2.45) is 12.8 Å². The lowest BCUT2D eigenvalue weighted by atomic mass is 9.89. The summed E-state index contributed by atoms with van der Waals surface area (Å²) in [6.45, 7) is 0. The van der Waals surface area contributed by atoms with Crippen molar-refractivity contribution in [1.82, 2.24) is 20.0 Å². The molecule has 0 spiro atoms. The van der Waals surface area contributed by atoms with Gasteiger partial charge < -0.3 is 10.8 Å². The number of hydrogen-bond donors (Lipinski definition) is 3. The Labute approximate surface area is 151 Å². The number of rotatable bonds is 6. The van der Waals surface area contributed by atoms with Crippen LogP contribution in [0.4, 0.5) is 13.2 Å². The summed E-state index contributed by atoms with van der Waals surface area (Å²) in [4.78, 5) is 23.9. The molecular weight excluding hydrogens is 363 g/mol.